The number of rotatable bonds is 6. The SMILES string of the molecule is CCC(O)CN(C)Cc1cc([N+](=O)[O-])ccc1Cl. The number of benzene rings is 1. The smallest absolute Gasteiger partial charge is 0.269 e. The minimum atomic E-state index is -0.444. The van der Waals surface area contributed by atoms with Crippen LogP contribution >= 0.6 is 11.6 Å². The van der Waals surface area contributed by atoms with Crippen molar-refractivity contribution in [2.24, 2.45) is 0 Å². The normalized spacial score (nSPS) is 12.7. The monoisotopic (exact) mass is 272 g/mol. The highest BCUT2D eigenvalue weighted by molar-refractivity contribution is 6.31. The minimum absolute atomic E-state index is 0.0267. The lowest BCUT2D eigenvalue weighted by atomic mass is 10.1. The maximum atomic E-state index is 10.7. The van der Waals surface area contributed by atoms with Gasteiger partial charge >= 0.3 is 0 Å². The van der Waals surface area contributed by atoms with Gasteiger partial charge in [0.05, 0.1) is 11.0 Å². The molecule has 1 aromatic carbocycles. The Morgan fingerprint density at radius 3 is 2.78 bits per heavy atom. The first-order valence-corrected chi connectivity index (χ1v) is 6.11. The summed E-state index contributed by atoms with van der Waals surface area (Å²) in [6.07, 6.45) is 0.278. The molecule has 0 aromatic heterocycles. The number of hydrogen-bond acceptors (Lipinski definition) is 4. The van der Waals surface area contributed by atoms with E-state index in [0.717, 1.165) is 0 Å². The van der Waals surface area contributed by atoms with Crippen molar-refractivity contribution in [1.82, 2.24) is 4.90 Å². The molecule has 1 N–H and O–H groups in total. The van der Waals surface area contributed by atoms with Crippen LogP contribution in [0.4, 0.5) is 5.69 Å². The fourth-order valence-electron chi connectivity index (χ4n) is 1.64. The molecule has 100 valence electrons. The van der Waals surface area contributed by atoms with E-state index in [9.17, 15) is 15.2 Å². The molecule has 0 aliphatic carbocycles. The van der Waals surface area contributed by atoms with Gasteiger partial charge in [-0.2, -0.15) is 0 Å². The number of hydrogen-bond donors (Lipinski definition) is 1. The van der Waals surface area contributed by atoms with Gasteiger partial charge in [-0.3, -0.25) is 15.0 Å². The number of aliphatic hydroxyl groups excluding tert-OH is 1. The van der Waals surface area contributed by atoms with Crippen molar-refractivity contribution in [1.29, 1.82) is 0 Å². The summed E-state index contributed by atoms with van der Waals surface area (Å²) in [6.45, 7) is 2.88. The summed E-state index contributed by atoms with van der Waals surface area (Å²) < 4.78 is 0. The predicted octanol–water partition coefficient (Wildman–Crippen LogP) is 2.45. The molecule has 0 amide bonds. The molecule has 5 nitrogen and oxygen atoms in total. The van der Waals surface area contributed by atoms with Gasteiger partial charge in [-0.1, -0.05) is 18.5 Å². The van der Waals surface area contributed by atoms with E-state index in [1.807, 2.05) is 18.9 Å². The van der Waals surface area contributed by atoms with Crippen LogP contribution in [0, 0.1) is 10.1 Å². The highest BCUT2D eigenvalue weighted by Crippen LogP contribution is 2.23. The second-order valence-corrected chi connectivity index (χ2v) is 4.70. The van der Waals surface area contributed by atoms with Crippen LogP contribution in [-0.2, 0) is 6.54 Å². The van der Waals surface area contributed by atoms with Crippen molar-refractivity contribution in [3.05, 3.63) is 38.9 Å². The molecule has 0 bridgehead atoms. The van der Waals surface area contributed by atoms with E-state index in [-0.39, 0.29) is 5.69 Å². The fraction of sp³-hybridized carbons (Fsp3) is 0.500. The van der Waals surface area contributed by atoms with Crippen LogP contribution in [0.25, 0.3) is 0 Å². The minimum Gasteiger partial charge on any atom is -0.392 e. The van der Waals surface area contributed by atoms with Crippen molar-refractivity contribution in [3.8, 4) is 0 Å². The molecule has 1 atom stereocenters. The average Bonchev–Trinajstić information content (AvgIpc) is 2.31. The van der Waals surface area contributed by atoms with Crippen LogP contribution in [0.5, 0.6) is 0 Å². The van der Waals surface area contributed by atoms with Crippen molar-refractivity contribution in [2.75, 3.05) is 13.6 Å². The molecular weight excluding hydrogens is 256 g/mol. The van der Waals surface area contributed by atoms with E-state index in [0.29, 0.717) is 30.1 Å². The van der Waals surface area contributed by atoms with Gasteiger partial charge in [-0.25, -0.2) is 0 Å². The van der Waals surface area contributed by atoms with E-state index in [2.05, 4.69) is 0 Å². The quantitative estimate of drug-likeness (QED) is 0.638. The summed E-state index contributed by atoms with van der Waals surface area (Å²) in [5, 5.41) is 20.7. The van der Waals surface area contributed by atoms with E-state index in [1.165, 1.54) is 18.2 Å². The summed E-state index contributed by atoms with van der Waals surface area (Å²) in [4.78, 5) is 12.1. The lowest BCUT2D eigenvalue weighted by molar-refractivity contribution is -0.384. The van der Waals surface area contributed by atoms with Crippen LogP contribution < -0.4 is 0 Å². The number of nitro groups is 1. The van der Waals surface area contributed by atoms with Gasteiger partial charge in [-0.05, 0) is 25.1 Å². The molecule has 1 unspecified atom stereocenters. The molecule has 0 heterocycles. The topological polar surface area (TPSA) is 66.6 Å². The first kappa shape index (κ1) is 14.9. The van der Waals surface area contributed by atoms with E-state index >= 15 is 0 Å². The van der Waals surface area contributed by atoms with E-state index in [4.69, 9.17) is 11.6 Å². The summed E-state index contributed by atoms with van der Waals surface area (Å²) in [7, 11) is 1.84. The summed E-state index contributed by atoms with van der Waals surface area (Å²) >= 11 is 6.00. The molecule has 18 heavy (non-hydrogen) atoms. The molecule has 0 aliphatic heterocycles. The fourth-order valence-corrected chi connectivity index (χ4v) is 1.82. The van der Waals surface area contributed by atoms with E-state index < -0.39 is 11.0 Å². The zero-order valence-electron chi connectivity index (χ0n) is 10.5. The van der Waals surface area contributed by atoms with Gasteiger partial charge in [0.25, 0.3) is 5.69 Å². The molecule has 1 aromatic rings. The summed E-state index contributed by atoms with van der Waals surface area (Å²) in [5.41, 5.74) is 0.718. The molecule has 0 saturated heterocycles. The Bertz CT molecular complexity index is 426. The standard InChI is InChI=1S/C12H17ClN2O3/c1-3-11(16)8-14(2)7-9-6-10(15(17)18)4-5-12(9)13/h4-6,11,16H,3,7-8H2,1-2H3. The largest absolute Gasteiger partial charge is 0.392 e. The second-order valence-electron chi connectivity index (χ2n) is 4.29. The Hall–Kier alpha value is -1.17. The highest BCUT2D eigenvalue weighted by atomic mass is 35.5. The Balaban J connectivity index is 2.77. The predicted molar refractivity (Wildman–Crippen MR) is 70.7 cm³/mol. The van der Waals surface area contributed by atoms with E-state index in [1.54, 1.807) is 0 Å². The molecule has 0 saturated carbocycles. The van der Waals surface area contributed by atoms with Crippen molar-refractivity contribution in [3.63, 3.8) is 0 Å². The average molecular weight is 273 g/mol. The lowest BCUT2D eigenvalue weighted by Gasteiger charge is -2.20. The van der Waals surface area contributed by atoms with Crippen molar-refractivity contribution in [2.45, 2.75) is 26.0 Å². The third-order valence-electron chi connectivity index (χ3n) is 2.67. The number of aliphatic hydroxyl groups is 1. The first-order chi connectivity index (χ1) is 8.43. The lowest BCUT2D eigenvalue weighted by Crippen LogP contribution is -2.28. The van der Waals surface area contributed by atoms with Gasteiger partial charge in [0, 0.05) is 30.2 Å². The Kier molecular flexibility index (Phi) is 5.53. The molecule has 1 rings (SSSR count). The molecule has 6 heteroatoms. The van der Waals surface area contributed by atoms with Gasteiger partial charge < -0.3 is 5.11 Å². The molecular formula is C12H17ClN2O3. The zero-order valence-corrected chi connectivity index (χ0v) is 11.2. The molecule has 0 fully saturated rings. The Morgan fingerprint density at radius 1 is 1.56 bits per heavy atom. The Labute approximate surface area is 111 Å². The highest BCUT2D eigenvalue weighted by Gasteiger charge is 2.12. The number of non-ortho nitro benzene ring substituents is 1. The third kappa shape index (κ3) is 4.25. The maximum absolute atomic E-state index is 10.7. The van der Waals surface area contributed by atoms with Gasteiger partial charge in [0.2, 0.25) is 0 Å². The van der Waals surface area contributed by atoms with Crippen molar-refractivity contribution >= 4 is 17.3 Å². The number of halogens is 1. The third-order valence-corrected chi connectivity index (χ3v) is 3.04. The zero-order chi connectivity index (χ0) is 13.7. The maximum Gasteiger partial charge on any atom is 0.269 e. The number of nitrogens with zero attached hydrogens (tertiary/aromatic N) is 2. The number of nitro benzene ring substituents is 1. The van der Waals surface area contributed by atoms with Crippen molar-refractivity contribution < 1.29 is 10.0 Å². The van der Waals surface area contributed by atoms with Crippen LogP contribution in [0.3, 0.4) is 0 Å². The van der Waals surface area contributed by atoms with Crippen LogP contribution in [0.15, 0.2) is 18.2 Å². The summed E-state index contributed by atoms with van der Waals surface area (Å²) in [5.74, 6) is 0. The van der Waals surface area contributed by atoms with Gasteiger partial charge in [-0.15, -0.1) is 0 Å². The second kappa shape index (κ2) is 6.68. The van der Waals surface area contributed by atoms with Crippen LogP contribution in [0.1, 0.15) is 18.9 Å². The summed E-state index contributed by atoms with van der Waals surface area (Å²) in [6, 6.07) is 4.38. The number of likely N-dealkylation sites (N-methyl/N-ethyl adjacent to an activating group) is 1. The van der Waals surface area contributed by atoms with Gasteiger partial charge in [0.15, 0.2) is 0 Å². The molecule has 0 radical (unpaired) electrons. The molecule has 0 aliphatic rings. The first-order valence-electron chi connectivity index (χ1n) is 5.73. The van der Waals surface area contributed by atoms with Gasteiger partial charge in [0.1, 0.15) is 0 Å². The van der Waals surface area contributed by atoms with Crippen LogP contribution in [-0.4, -0.2) is 34.6 Å². The Morgan fingerprint density at radius 2 is 2.22 bits per heavy atom. The molecule has 0 spiro atoms. The van der Waals surface area contributed by atoms with Crippen LogP contribution in [0.2, 0.25) is 5.02 Å².